The van der Waals surface area contributed by atoms with Crippen LogP contribution in [-0.2, 0) is 14.8 Å². The van der Waals surface area contributed by atoms with Gasteiger partial charge in [-0.1, -0.05) is 6.07 Å². The smallest absolute Gasteiger partial charge is 0.250 e. The van der Waals surface area contributed by atoms with Crippen LogP contribution >= 0.6 is 11.3 Å². The summed E-state index contributed by atoms with van der Waals surface area (Å²) in [6, 6.07) is 3.28. The van der Waals surface area contributed by atoms with Crippen molar-refractivity contribution in [1.82, 2.24) is 15.4 Å². The molecule has 3 N–H and O–H groups in total. The summed E-state index contributed by atoms with van der Waals surface area (Å²) in [5.74, 6) is -0.350. The molecule has 0 aliphatic carbocycles. The highest BCUT2D eigenvalue weighted by Crippen LogP contribution is 2.14. The molecule has 1 aromatic rings. The molecule has 0 aliphatic rings. The normalized spacial score (nSPS) is 13.2. The largest absolute Gasteiger partial charge is 0.353 e. The fourth-order valence-corrected chi connectivity index (χ4v) is 3.10. The van der Waals surface area contributed by atoms with E-state index >= 15 is 0 Å². The van der Waals surface area contributed by atoms with E-state index in [1.807, 2.05) is 6.92 Å². The van der Waals surface area contributed by atoms with Gasteiger partial charge in [-0.15, -0.1) is 11.3 Å². The maximum absolute atomic E-state index is 11.7. The minimum absolute atomic E-state index is 0.142. The fourth-order valence-electron chi connectivity index (χ4n) is 1.08. The fraction of sp³-hybridized carbons (Fsp3) is 0.500. The highest BCUT2D eigenvalue weighted by molar-refractivity contribution is 7.91. The Bertz CT molecular complexity index is 471. The zero-order chi connectivity index (χ0) is 13.6. The molecule has 1 heterocycles. The Hall–Kier alpha value is -0.960. The first-order valence-electron chi connectivity index (χ1n) is 5.43. The number of hydrogen-bond acceptors (Lipinski definition) is 5. The molecule has 0 fully saturated rings. The molecule has 0 radical (unpaired) electrons. The predicted octanol–water partition coefficient (Wildman–Crippen LogP) is -0.249. The van der Waals surface area contributed by atoms with Crippen LogP contribution in [0, 0.1) is 0 Å². The minimum Gasteiger partial charge on any atom is -0.353 e. The molecular formula is C10H17N3O3S2. The zero-order valence-corrected chi connectivity index (χ0v) is 11.9. The highest BCUT2D eigenvalue weighted by Gasteiger charge is 2.16. The lowest BCUT2D eigenvalue weighted by Crippen LogP contribution is -2.42. The van der Waals surface area contributed by atoms with Crippen molar-refractivity contribution in [3.05, 3.63) is 17.5 Å². The van der Waals surface area contributed by atoms with Crippen molar-refractivity contribution >= 4 is 27.3 Å². The van der Waals surface area contributed by atoms with Crippen molar-refractivity contribution in [3.63, 3.8) is 0 Å². The van der Waals surface area contributed by atoms with Crippen LogP contribution in [0.1, 0.15) is 6.92 Å². The van der Waals surface area contributed by atoms with Crippen LogP contribution in [-0.4, -0.2) is 40.5 Å². The second kappa shape index (κ2) is 6.83. The van der Waals surface area contributed by atoms with Crippen LogP contribution in [0.15, 0.2) is 21.7 Å². The Balaban J connectivity index is 2.39. The van der Waals surface area contributed by atoms with E-state index in [1.165, 1.54) is 6.07 Å². The third-order valence-electron chi connectivity index (χ3n) is 2.28. The SMILES string of the molecule is CNC(C)CNC(=O)CNS(=O)(=O)c1cccs1. The average Bonchev–Trinajstić information content (AvgIpc) is 2.88. The average molecular weight is 291 g/mol. The Kier molecular flexibility index (Phi) is 5.73. The van der Waals surface area contributed by atoms with Gasteiger partial charge >= 0.3 is 0 Å². The summed E-state index contributed by atoms with van der Waals surface area (Å²) < 4.78 is 25.9. The number of sulfonamides is 1. The van der Waals surface area contributed by atoms with Crippen molar-refractivity contribution in [2.75, 3.05) is 20.1 Å². The molecule has 0 aromatic carbocycles. The van der Waals surface area contributed by atoms with Crippen LogP contribution in [0.4, 0.5) is 0 Å². The van der Waals surface area contributed by atoms with Gasteiger partial charge in [0.1, 0.15) is 4.21 Å². The zero-order valence-electron chi connectivity index (χ0n) is 10.3. The molecule has 1 rings (SSSR count). The number of hydrogen-bond donors (Lipinski definition) is 3. The number of rotatable bonds is 7. The lowest BCUT2D eigenvalue weighted by molar-refractivity contribution is -0.120. The summed E-state index contributed by atoms with van der Waals surface area (Å²) in [5.41, 5.74) is 0. The second-order valence-electron chi connectivity index (χ2n) is 3.75. The quantitative estimate of drug-likeness (QED) is 0.646. The van der Waals surface area contributed by atoms with Crippen molar-refractivity contribution < 1.29 is 13.2 Å². The van der Waals surface area contributed by atoms with Gasteiger partial charge in [0.15, 0.2) is 0 Å². The summed E-state index contributed by atoms with van der Waals surface area (Å²) in [4.78, 5) is 11.4. The predicted molar refractivity (Wildman–Crippen MR) is 71.0 cm³/mol. The molecule has 0 spiro atoms. The van der Waals surface area contributed by atoms with E-state index in [0.29, 0.717) is 6.54 Å². The van der Waals surface area contributed by atoms with Gasteiger partial charge in [-0.05, 0) is 25.4 Å². The molecule has 102 valence electrons. The molecule has 1 unspecified atom stereocenters. The Morgan fingerprint density at radius 1 is 1.50 bits per heavy atom. The molecule has 0 bridgehead atoms. The van der Waals surface area contributed by atoms with Crippen LogP contribution in [0.2, 0.25) is 0 Å². The first-order valence-corrected chi connectivity index (χ1v) is 7.79. The number of likely N-dealkylation sites (N-methyl/N-ethyl adjacent to an activating group) is 1. The summed E-state index contributed by atoms with van der Waals surface area (Å²) in [5, 5.41) is 7.26. The number of nitrogens with one attached hydrogen (secondary N) is 3. The van der Waals surface area contributed by atoms with Gasteiger partial charge < -0.3 is 10.6 Å². The third kappa shape index (κ3) is 4.73. The second-order valence-corrected chi connectivity index (χ2v) is 6.69. The van der Waals surface area contributed by atoms with E-state index in [9.17, 15) is 13.2 Å². The van der Waals surface area contributed by atoms with Gasteiger partial charge in [0.2, 0.25) is 5.91 Å². The molecule has 0 saturated heterocycles. The number of amides is 1. The number of thiophene rings is 1. The molecule has 1 aromatic heterocycles. The van der Waals surface area contributed by atoms with Gasteiger partial charge in [0.05, 0.1) is 6.54 Å². The van der Waals surface area contributed by atoms with Gasteiger partial charge in [-0.25, -0.2) is 13.1 Å². The number of carbonyl (C=O) groups excluding carboxylic acids is 1. The van der Waals surface area contributed by atoms with Crippen LogP contribution in [0.5, 0.6) is 0 Å². The van der Waals surface area contributed by atoms with Crippen LogP contribution in [0.25, 0.3) is 0 Å². The maximum Gasteiger partial charge on any atom is 0.250 e. The van der Waals surface area contributed by atoms with E-state index < -0.39 is 10.0 Å². The molecule has 0 saturated carbocycles. The first kappa shape index (κ1) is 15.1. The van der Waals surface area contributed by atoms with Gasteiger partial charge in [-0.2, -0.15) is 0 Å². The van der Waals surface area contributed by atoms with Crippen molar-refractivity contribution in [3.8, 4) is 0 Å². The van der Waals surface area contributed by atoms with E-state index in [-0.39, 0.29) is 22.7 Å². The molecule has 6 nitrogen and oxygen atoms in total. The monoisotopic (exact) mass is 291 g/mol. The molecule has 1 amide bonds. The molecule has 8 heteroatoms. The Morgan fingerprint density at radius 3 is 2.78 bits per heavy atom. The van der Waals surface area contributed by atoms with Crippen molar-refractivity contribution in [1.29, 1.82) is 0 Å². The van der Waals surface area contributed by atoms with Gasteiger partial charge in [0.25, 0.3) is 10.0 Å². The lowest BCUT2D eigenvalue weighted by Gasteiger charge is -2.11. The summed E-state index contributed by atoms with van der Waals surface area (Å²) in [6.07, 6.45) is 0. The summed E-state index contributed by atoms with van der Waals surface area (Å²) in [6.45, 7) is 2.11. The lowest BCUT2D eigenvalue weighted by atomic mass is 10.3. The molecule has 0 aliphatic heterocycles. The van der Waals surface area contributed by atoms with E-state index in [1.54, 1.807) is 18.5 Å². The van der Waals surface area contributed by atoms with E-state index in [2.05, 4.69) is 15.4 Å². The summed E-state index contributed by atoms with van der Waals surface area (Å²) in [7, 11) is -1.78. The Morgan fingerprint density at radius 2 is 2.22 bits per heavy atom. The van der Waals surface area contributed by atoms with E-state index in [0.717, 1.165) is 11.3 Å². The highest BCUT2D eigenvalue weighted by atomic mass is 32.2. The van der Waals surface area contributed by atoms with E-state index in [4.69, 9.17) is 0 Å². The van der Waals surface area contributed by atoms with Crippen LogP contribution in [0.3, 0.4) is 0 Å². The van der Waals surface area contributed by atoms with Crippen molar-refractivity contribution in [2.24, 2.45) is 0 Å². The van der Waals surface area contributed by atoms with Gasteiger partial charge in [0, 0.05) is 12.6 Å². The third-order valence-corrected chi connectivity index (χ3v) is 5.08. The van der Waals surface area contributed by atoms with Crippen molar-refractivity contribution in [2.45, 2.75) is 17.2 Å². The minimum atomic E-state index is -3.56. The number of carbonyl (C=O) groups is 1. The topological polar surface area (TPSA) is 87.3 Å². The molecule has 1 atom stereocenters. The van der Waals surface area contributed by atoms with Crippen LogP contribution < -0.4 is 15.4 Å². The standard InChI is InChI=1S/C10H17N3O3S2/c1-8(11-2)6-12-9(14)7-13-18(15,16)10-4-3-5-17-10/h3-5,8,11,13H,6-7H2,1-2H3,(H,12,14). The maximum atomic E-state index is 11.7. The summed E-state index contributed by atoms with van der Waals surface area (Å²) >= 11 is 1.11. The molecular weight excluding hydrogens is 274 g/mol. The Labute approximate surface area is 111 Å². The first-order chi connectivity index (χ1) is 8.45. The molecule has 18 heavy (non-hydrogen) atoms. The van der Waals surface area contributed by atoms with Gasteiger partial charge in [-0.3, -0.25) is 4.79 Å².